The van der Waals surface area contributed by atoms with Crippen LogP contribution in [0, 0.1) is 0 Å². The fourth-order valence-corrected chi connectivity index (χ4v) is 4.43. The van der Waals surface area contributed by atoms with Crippen LogP contribution in [0.4, 0.5) is 22.0 Å². The van der Waals surface area contributed by atoms with Crippen molar-refractivity contribution in [3.63, 3.8) is 0 Å². The van der Waals surface area contributed by atoms with E-state index in [1.807, 2.05) is 36.1 Å². The van der Waals surface area contributed by atoms with E-state index in [4.69, 9.17) is 14.5 Å². The van der Waals surface area contributed by atoms with Gasteiger partial charge < -0.3 is 29.9 Å². The SMILES string of the molecule is COCCCN1C(=O)C2(C)COCCN2c2nc(-c3ccc(NC(=O)NC4CC4)cc3)ncc21. The number of fused-ring (bicyclic) bond motifs is 3. The molecule has 0 bridgehead atoms. The monoisotopic (exact) mass is 466 g/mol. The normalized spacial score (nSPS) is 21.6. The molecule has 2 fully saturated rings. The van der Waals surface area contributed by atoms with E-state index in [2.05, 4.69) is 15.6 Å². The number of rotatable bonds is 7. The molecule has 1 unspecified atom stereocenters. The molecule has 1 saturated heterocycles. The van der Waals surface area contributed by atoms with E-state index in [9.17, 15) is 9.59 Å². The third-order valence-electron chi connectivity index (χ3n) is 6.48. The Morgan fingerprint density at radius 2 is 2.09 bits per heavy atom. The molecule has 5 rings (SSSR count). The number of carbonyl (C=O) groups is 2. The van der Waals surface area contributed by atoms with E-state index in [0.29, 0.717) is 62.6 Å². The van der Waals surface area contributed by atoms with Gasteiger partial charge in [0.05, 0.1) is 19.4 Å². The van der Waals surface area contributed by atoms with Gasteiger partial charge in [-0.25, -0.2) is 14.8 Å². The minimum Gasteiger partial charge on any atom is -0.385 e. The van der Waals surface area contributed by atoms with Crippen LogP contribution in [0.2, 0.25) is 0 Å². The highest BCUT2D eigenvalue weighted by molar-refractivity contribution is 6.07. The Kier molecular flexibility index (Phi) is 6.09. The van der Waals surface area contributed by atoms with Crippen molar-refractivity contribution in [1.29, 1.82) is 0 Å². The molecule has 0 spiro atoms. The summed E-state index contributed by atoms with van der Waals surface area (Å²) in [5, 5.41) is 5.76. The molecule has 3 heterocycles. The Balaban J connectivity index is 1.42. The molecule has 1 aromatic heterocycles. The first kappa shape index (κ1) is 22.5. The maximum atomic E-state index is 13.5. The number of hydrogen-bond donors (Lipinski definition) is 2. The van der Waals surface area contributed by atoms with Gasteiger partial charge in [0.15, 0.2) is 11.6 Å². The van der Waals surface area contributed by atoms with Crippen molar-refractivity contribution in [3.8, 4) is 11.4 Å². The largest absolute Gasteiger partial charge is 0.385 e. The third-order valence-corrected chi connectivity index (χ3v) is 6.48. The number of aromatic nitrogens is 2. The second-order valence-corrected chi connectivity index (χ2v) is 9.13. The summed E-state index contributed by atoms with van der Waals surface area (Å²) in [6.07, 6.45) is 4.52. The van der Waals surface area contributed by atoms with Crippen molar-refractivity contribution >= 4 is 29.1 Å². The number of methoxy groups -OCH3 is 1. The predicted octanol–water partition coefficient (Wildman–Crippen LogP) is 2.41. The zero-order chi connectivity index (χ0) is 23.7. The topological polar surface area (TPSA) is 109 Å². The molecule has 34 heavy (non-hydrogen) atoms. The molecule has 2 N–H and O–H groups in total. The van der Waals surface area contributed by atoms with Crippen LogP contribution in [-0.4, -0.2) is 73.5 Å². The summed E-state index contributed by atoms with van der Waals surface area (Å²) in [7, 11) is 1.65. The molecule has 3 aliphatic rings. The molecule has 1 aliphatic carbocycles. The number of ether oxygens (including phenoxy) is 2. The highest BCUT2D eigenvalue weighted by atomic mass is 16.5. The summed E-state index contributed by atoms with van der Waals surface area (Å²) in [5.74, 6) is 1.29. The summed E-state index contributed by atoms with van der Waals surface area (Å²) in [4.78, 5) is 38.7. The molecule has 1 atom stereocenters. The number of nitrogens with zero attached hydrogens (tertiary/aromatic N) is 4. The predicted molar refractivity (Wildman–Crippen MR) is 128 cm³/mol. The van der Waals surface area contributed by atoms with Gasteiger partial charge in [0.1, 0.15) is 11.2 Å². The first-order valence-electron chi connectivity index (χ1n) is 11.7. The summed E-state index contributed by atoms with van der Waals surface area (Å²) >= 11 is 0. The number of amides is 3. The summed E-state index contributed by atoms with van der Waals surface area (Å²) in [6.45, 7) is 4.43. The lowest BCUT2D eigenvalue weighted by molar-refractivity contribution is -0.127. The summed E-state index contributed by atoms with van der Waals surface area (Å²) < 4.78 is 10.9. The van der Waals surface area contributed by atoms with Gasteiger partial charge in [-0.1, -0.05) is 0 Å². The van der Waals surface area contributed by atoms with Crippen LogP contribution in [0.3, 0.4) is 0 Å². The lowest BCUT2D eigenvalue weighted by atomic mass is 9.93. The Labute approximate surface area is 198 Å². The Bertz CT molecular complexity index is 1070. The fraction of sp³-hybridized carbons (Fsp3) is 0.500. The minimum atomic E-state index is -0.813. The van der Waals surface area contributed by atoms with E-state index in [0.717, 1.165) is 24.2 Å². The van der Waals surface area contributed by atoms with Gasteiger partial charge >= 0.3 is 6.03 Å². The van der Waals surface area contributed by atoms with Gasteiger partial charge in [-0.3, -0.25) is 4.79 Å². The number of morpholine rings is 1. The van der Waals surface area contributed by atoms with Crippen LogP contribution in [0.25, 0.3) is 11.4 Å². The number of nitrogens with one attached hydrogen (secondary N) is 2. The first-order chi connectivity index (χ1) is 16.5. The maximum Gasteiger partial charge on any atom is 0.319 e. The third kappa shape index (κ3) is 4.30. The van der Waals surface area contributed by atoms with Crippen molar-refractivity contribution in [2.75, 3.05) is 55.1 Å². The molecular formula is C24H30N6O4. The van der Waals surface area contributed by atoms with Crippen molar-refractivity contribution in [1.82, 2.24) is 15.3 Å². The molecule has 0 radical (unpaired) electrons. The van der Waals surface area contributed by atoms with Crippen molar-refractivity contribution in [2.24, 2.45) is 0 Å². The van der Waals surface area contributed by atoms with E-state index in [1.165, 1.54) is 0 Å². The van der Waals surface area contributed by atoms with Crippen LogP contribution < -0.4 is 20.4 Å². The van der Waals surface area contributed by atoms with Crippen molar-refractivity contribution in [2.45, 2.75) is 37.8 Å². The number of benzene rings is 1. The van der Waals surface area contributed by atoms with Crippen LogP contribution in [0.15, 0.2) is 30.5 Å². The molecule has 180 valence electrons. The minimum absolute atomic E-state index is 0.00736. The van der Waals surface area contributed by atoms with Crippen LogP contribution in [0.1, 0.15) is 26.2 Å². The summed E-state index contributed by atoms with van der Waals surface area (Å²) in [6, 6.07) is 7.56. The zero-order valence-corrected chi connectivity index (χ0v) is 19.5. The maximum absolute atomic E-state index is 13.5. The lowest BCUT2D eigenvalue weighted by Crippen LogP contribution is -2.67. The van der Waals surface area contributed by atoms with Gasteiger partial charge in [0, 0.05) is 44.1 Å². The Morgan fingerprint density at radius 3 is 2.82 bits per heavy atom. The molecule has 1 saturated carbocycles. The highest BCUT2D eigenvalue weighted by Crippen LogP contribution is 2.41. The first-order valence-corrected chi connectivity index (χ1v) is 11.7. The van der Waals surface area contributed by atoms with Gasteiger partial charge in [-0.05, 0) is 50.5 Å². The van der Waals surface area contributed by atoms with Crippen molar-refractivity contribution in [3.05, 3.63) is 30.5 Å². The van der Waals surface area contributed by atoms with E-state index in [1.54, 1.807) is 18.2 Å². The van der Waals surface area contributed by atoms with Crippen LogP contribution >= 0.6 is 0 Å². The van der Waals surface area contributed by atoms with Gasteiger partial charge in [0.25, 0.3) is 5.91 Å². The van der Waals surface area contributed by atoms with Crippen LogP contribution in [0.5, 0.6) is 0 Å². The summed E-state index contributed by atoms with van der Waals surface area (Å²) in [5.41, 5.74) is 1.43. The quantitative estimate of drug-likeness (QED) is 0.603. The fourth-order valence-electron chi connectivity index (χ4n) is 4.43. The van der Waals surface area contributed by atoms with Crippen molar-refractivity contribution < 1.29 is 19.1 Å². The molecular weight excluding hydrogens is 436 g/mol. The molecule has 1 aromatic carbocycles. The number of hydrogen-bond acceptors (Lipinski definition) is 7. The molecule has 3 amide bonds. The van der Waals surface area contributed by atoms with Gasteiger partial charge in [-0.15, -0.1) is 0 Å². The average Bonchev–Trinajstić information content (AvgIpc) is 3.65. The average molecular weight is 467 g/mol. The highest BCUT2D eigenvalue weighted by Gasteiger charge is 2.50. The van der Waals surface area contributed by atoms with Crippen LogP contribution in [-0.2, 0) is 14.3 Å². The van der Waals surface area contributed by atoms with Gasteiger partial charge in [-0.2, -0.15) is 0 Å². The number of anilines is 3. The van der Waals surface area contributed by atoms with E-state index < -0.39 is 5.54 Å². The zero-order valence-electron chi connectivity index (χ0n) is 19.5. The van der Waals surface area contributed by atoms with E-state index >= 15 is 0 Å². The smallest absolute Gasteiger partial charge is 0.319 e. The molecule has 10 heteroatoms. The molecule has 2 aromatic rings. The Hall–Kier alpha value is -3.24. The second-order valence-electron chi connectivity index (χ2n) is 9.13. The van der Waals surface area contributed by atoms with E-state index in [-0.39, 0.29) is 11.9 Å². The molecule has 10 nitrogen and oxygen atoms in total. The lowest BCUT2D eigenvalue weighted by Gasteiger charge is -2.50. The van der Waals surface area contributed by atoms with Gasteiger partial charge in [0.2, 0.25) is 0 Å². The number of urea groups is 1. The molecule has 2 aliphatic heterocycles. The Morgan fingerprint density at radius 1 is 1.29 bits per heavy atom. The second kappa shape index (κ2) is 9.19. The standard InChI is InChI=1S/C24H30N6O4/c1-24-15-34-13-11-30(24)21-19(29(22(24)31)10-3-12-33-2)14-25-20(28-21)16-4-6-17(7-5-16)26-23(32)27-18-8-9-18/h4-7,14,18H,3,8-13,15H2,1-2H3,(H2,26,27,32). The number of carbonyl (C=O) groups excluding carboxylic acids is 2.